The Hall–Kier alpha value is -1.57. The van der Waals surface area contributed by atoms with E-state index in [1.807, 2.05) is 78.9 Å². The molecule has 0 fully saturated rings. The lowest BCUT2D eigenvalue weighted by molar-refractivity contribution is 0.0696. The minimum absolute atomic E-state index is 0.155. The van der Waals surface area contributed by atoms with Crippen molar-refractivity contribution < 1.29 is 9.90 Å². The lowest BCUT2D eigenvalue weighted by Crippen LogP contribution is -1.96. The maximum Gasteiger partial charge on any atom is 0.335 e. The van der Waals surface area contributed by atoms with Crippen molar-refractivity contribution in [2.45, 2.75) is 58.7 Å². The second kappa shape index (κ2) is 20.7. The molecule has 1 N–H and O–H groups in total. The van der Waals surface area contributed by atoms with Crippen LogP contribution in [0.5, 0.6) is 0 Å². The number of benzene rings is 7. The number of carbonyl (C=O) groups is 1. The van der Waals surface area contributed by atoms with Gasteiger partial charge in [-0.15, -0.1) is 0 Å². The summed E-state index contributed by atoms with van der Waals surface area (Å²) in [5.74, 6) is -1.04. The van der Waals surface area contributed by atoms with Gasteiger partial charge in [-0.2, -0.15) is 0 Å². The molecule has 7 rings (SSSR count). The third-order valence-electron chi connectivity index (χ3n) is 7.59. The van der Waals surface area contributed by atoms with E-state index >= 15 is 0 Å². The fourth-order valence-corrected chi connectivity index (χ4v) is 14.7. The van der Waals surface area contributed by atoms with Crippen LogP contribution in [0.4, 0.5) is 0 Å². The van der Waals surface area contributed by atoms with Crippen LogP contribution in [0.15, 0.2) is 186 Å². The van der Waals surface area contributed by atoms with Crippen molar-refractivity contribution in [3.63, 3.8) is 0 Å². The molecule has 7 aromatic rings. The number of carboxylic acids is 1. The quantitative estimate of drug-likeness (QED) is 0.122. The lowest BCUT2D eigenvalue weighted by Gasteiger charge is -2.13. The molecule has 0 spiro atoms. The Bertz CT molecular complexity index is 2330. The Morgan fingerprint density at radius 3 is 0.593 bits per heavy atom. The van der Waals surface area contributed by atoms with Gasteiger partial charge in [-0.1, -0.05) is 163 Å². The van der Waals surface area contributed by atoms with Gasteiger partial charge >= 0.3 is 5.97 Å². The molecule has 0 amide bonds. The molecule has 0 aliphatic heterocycles. The van der Waals surface area contributed by atoms with Crippen LogP contribution in [-0.4, -0.2) is 11.1 Å². The maximum absolute atomic E-state index is 12.5. The zero-order chi connectivity index (χ0) is 41.8. The summed E-state index contributed by atoms with van der Waals surface area (Å²) in [5.41, 5.74) is 0.155. The van der Waals surface area contributed by atoms with Crippen LogP contribution >= 0.6 is 163 Å². The zero-order valence-electron chi connectivity index (χ0n) is 29.5. The highest BCUT2D eigenvalue weighted by Gasteiger charge is 2.15. The molecule has 0 bridgehead atoms. The molecule has 298 valence electrons. The molecule has 2 nitrogen and oxygen atoms in total. The van der Waals surface area contributed by atoms with Crippen LogP contribution in [0, 0.1) is 0 Å². The van der Waals surface area contributed by atoms with E-state index in [1.54, 1.807) is 36.4 Å². The van der Waals surface area contributed by atoms with Gasteiger partial charge in [-0.05, 0) is 127 Å². The number of hydrogen-bond acceptors (Lipinski definition) is 7. The molecule has 0 saturated carbocycles. The Kier molecular flexibility index (Phi) is 16.0. The smallest absolute Gasteiger partial charge is 0.335 e. The van der Waals surface area contributed by atoms with Crippen LogP contribution in [0.25, 0.3) is 0 Å². The summed E-state index contributed by atoms with van der Waals surface area (Å²) >= 11 is 59.7. The van der Waals surface area contributed by atoms with E-state index in [9.17, 15) is 9.90 Å². The van der Waals surface area contributed by atoms with Gasteiger partial charge in [0.1, 0.15) is 0 Å². The molecule has 0 aliphatic carbocycles. The molecule has 0 aromatic heterocycles. The first-order valence-electron chi connectivity index (χ1n) is 16.8. The second-order valence-corrected chi connectivity index (χ2v) is 22.7. The van der Waals surface area contributed by atoms with E-state index in [0.717, 1.165) is 58.7 Å². The van der Waals surface area contributed by atoms with E-state index in [-0.39, 0.29) is 5.56 Å². The molecule has 0 saturated heterocycles. The van der Waals surface area contributed by atoms with Gasteiger partial charge in [0.25, 0.3) is 0 Å². The molecule has 0 radical (unpaired) electrons. The Labute approximate surface area is 406 Å². The highest BCUT2D eigenvalue weighted by atomic mass is 35.5. The predicted molar refractivity (Wildman–Crippen MR) is 257 cm³/mol. The number of hydrogen-bond donors (Lipinski definition) is 1. The van der Waals surface area contributed by atoms with E-state index in [2.05, 4.69) is 12.1 Å². The molecule has 0 heterocycles. The van der Waals surface area contributed by atoms with Crippen LogP contribution in [0.1, 0.15) is 10.4 Å². The van der Waals surface area contributed by atoms with E-state index in [0.29, 0.717) is 40.2 Å². The first-order chi connectivity index (χ1) is 28.2. The van der Waals surface area contributed by atoms with E-state index in [1.165, 1.54) is 70.6 Å². The molecule has 0 aliphatic rings. The van der Waals surface area contributed by atoms with Crippen molar-refractivity contribution in [3.8, 4) is 0 Å². The number of rotatable bonds is 13. The minimum Gasteiger partial charge on any atom is -0.478 e. The second-order valence-electron chi connectivity index (χ2n) is 12.3. The van der Waals surface area contributed by atoms with Crippen LogP contribution < -0.4 is 0 Å². The highest BCUT2D eigenvalue weighted by molar-refractivity contribution is 8.01. The van der Waals surface area contributed by atoms with Gasteiger partial charge in [0.15, 0.2) is 0 Å². The van der Waals surface area contributed by atoms with Crippen LogP contribution in [0.2, 0.25) is 40.2 Å². The predicted octanol–water partition coefficient (Wildman–Crippen LogP) is 19.5. The van der Waals surface area contributed by atoms with E-state index in [4.69, 9.17) is 92.8 Å². The van der Waals surface area contributed by atoms with Crippen molar-refractivity contribution >= 4 is 169 Å². The van der Waals surface area contributed by atoms with E-state index < -0.39 is 5.97 Å². The fraction of sp³-hybridized carbons (Fsp3) is 0. The topological polar surface area (TPSA) is 37.3 Å². The van der Waals surface area contributed by atoms with Gasteiger partial charge in [-0.3, -0.25) is 0 Å². The van der Waals surface area contributed by atoms with Gasteiger partial charge < -0.3 is 5.11 Å². The summed E-state index contributed by atoms with van der Waals surface area (Å²) in [6, 6.07) is 39.3. The Balaban J connectivity index is 1.24. The standard InChI is InChI=1S/C43H22Cl8O2S6/c44-23-3-24(45)8-33(7-23)56-39-16-37(17-40(20-39)57-34-9-25(46)4-26(47)10-34)54-31-1-22(43(52)53)2-32(15-31)55-38-18-41(58-35-11-27(48)5-28(49)12-35)21-42(19-38)59-36-13-29(50)6-30(51)14-36/h1-21H,(H,52,53). The van der Waals surface area contributed by atoms with Crippen LogP contribution in [0.3, 0.4) is 0 Å². The number of halogens is 8. The van der Waals surface area contributed by atoms with Crippen molar-refractivity contribution in [2.24, 2.45) is 0 Å². The number of carboxylic acid groups (broad SMARTS) is 1. The summed E-state index contributed by atoms with van der Waals surface area (Å²) in [6.45, 7) is 0. The Morgan fingerprint density at radius 1 is 0.271 bits per heavy atom. The average molecular weight is 1050 g/mol. The SMILES string of the molecule is O=C(O)c1cc(Sc2cc(Sc3cc(Cl)cc(Cl)c3)cc(Sc3cc(Cl)cc(Cl)c3)c2)cc(Sc2cc(Sc3cc(Cl)cc(Cl)c3)cc(Sc3cc(Cl)cc(Cl)c3)c2)c1. The van der Waals surface area contributed by atoms with Gasteiger partial charge in [0.05, 0.1) is 5.56 Å². The number of aromatic carboxylic acids is 1. The van der Waals surface area contributed by atoms with Gasteiger partial charge in [0.2, 0.25) is 0 Å². The third kappa shape index (κ3) is 13.7. The first kappa shape index (κ1) is 45.5. The molecule has 59 heavy (non-hydrogen) atoms. The maximum atomic E-state index is 12.5. The lowest BCUT2D eigenvalue weighted by atomic mass is 10.2. The molecule has 0 atom stereocenters. The highest BCUT2D eigenvalue weighted by Crippen LogP contribution is 2.44. The average Bonchev–Trinajstić information content (AvgIpc) is 3.09. The molecule has 16 heteroatoms. The summed E-state index contributed by atoms with van der Waals surface area (Å²) in [7, 11) is 0. The van der Waals surface area contributed by atoms with Crippen molar-refractivity contribution in [1.82, 2.24) is 0 Å². The zero-order valence-corrected chi connectivity index (χ0v) is 40.4. The molecular formula is C43H22Cl8O2S6. The molecule has 0 unspecified atom stereocenters. The summed E-state index contributed by atoms with van der Waals surface area (Å²) < 4.78 is 0. The van der Waals surface area contributed by atoms with Crippen molar-refractivity contribution in [1.29, 1.82) is 0 Å². The first-order valence-corrected chi connectivity index (χ1v) is 24.7. The van der Waals surface area contributed by atoms with Gasteiger partial charge in [-0.25, -0.2) is 4.79 Å². The van der Waals surface area contributed by atoms with Crippen molar-refractivity contribution in [3.05, 3.63) is 173 Å². The normalized spacial score (nSPS) is 11.3. The van der Waals surface area contributed by atoms with Crippen LogP contribution in [-0.2, 0) is 0 Å². The Morgan fingerprint density at radius 2 is 0.424 bits per heavy atom. The molecule has 7 aromatic carbocycles. The van der Waals surface area contributed by atoms with Crippen molar-refractivity contribution in [2.75, 3.05) is 0 Å². The molecular weight excluding hydrogens is 1020 g/mol. The summed E-state index contributed by atoms with van der Waals surface area (Å²) in [6.07, 6.45) is 0. The third-order valence-corrected chi connectivity index (χ3v) is 15.0. The monoisotopic (exact) mass is 1040 g/mol. The van der Waals surface area contributed by atoms with Gasteiger partial charge in [0, 0.05) is 98.9 Å². The largest absolute Gasteiger partial charge is 0.478 e. The summed E-state index contributed by atoms with van der Waals surface area (Å²) in [5, 5.41) is 14.5. The summed E-state index contributed by atoms with van der Waals surface area (Å²) in [4.78, 5) is 23.0. The fourth-order valence-electron chi connectivity index (χ4n) is 5.42. The minimum atomic E-state index is -1.04.